The van der Waals surface area contributed by atoms with Crippen molar-refractivity contribution in [3.63, 3.8) is 0 Å². The van der Waals surface area contributed by atoms with Gasteiger partial charge in [0.15, 0.2) is 0 Å². The molecule has 1 saturated carbocycles. The van der Waals surface area contributed by atoms with Crippen LogP contribution in [0.4, 0.5) is 0 Å². The number of allylic oxidation sites excluding steroid dienone is 2. The number of hydrogen-bond acceptors (Lipinski definition) is 1. The third-order valence-electron chi connectivity index (χ3n) is 2.74. The first-order valence-corrected chi connectivity index (χ1v) is 4.79. The van der Waals surface area contributed by atoms with Crippen molar-refractivity contribution in [2.24, 2.45) is 5.92 Å². The standard InChI is InChI=1S/C11H15N/c1-2-5-10(6-3-1)11-7-4-8-12-9-11/h1,4,7,10,12H,2-3,5-6,9H2. The molecule has 1 aliphatic heterocycles. The molecule has 1 N–H and O–H groups in total. The zero-order valence-electron chi connectivity index (χ0n) is 7.34. The second-order valence-corrected chi connectivity index (χ2v) is 3.55. The molecule has 2 aliphatic rings. The first-order valence-electron chi connectivity index (χ1n) is 4.79. The molecule has 0 aromatic carbocycles. The Hall–Kier alpha value is -0.720. The largest absolute Gasteiger partial charge is 0.380 e. The van der Waals surface area contributed by atoms with Gasteiger partial charge in [-0.25, -0.2) is 0 Å². The lowest BCUT2D eigenvalue weighted by molar-refractivity contribution is 0.451. The van der Waals surface area contributed by atoms with Crippen molar-refractivity contribution in [1.29, 1.82) is 0 Å². The SMILES string of the molecule is [C]1=CC=C(C2CC[CH]CC2)CN1. The van der Waals surface area contributed by atoms with Gasteiger partial charge >= 0.3 is 0 Å². The van der Waals surface area contributed by atoms with E-state index in [0.717, 1.165) is 12.5 Å². The van der Waals surface area contributed by atoms with E-state index in [9.17, 15) is 0 Å². The van der Waals surface area contributed by atoms with Crippen LogP contribution in [-0.2, 0) is 0 Å². The van der Waals surface area contributed by atoms with Gasteiger partial charge in [-0.05, 0) is 49.7 Å². The van der Waals surface area contributed by atoms with Crippen LogP contribution in [0.25, 0.3) is 0 Å². The Bertz CT molecular complexity index is 197. The van der Waals surface area contributed by atoms with Crippen LogP contribution in [0.15, 0.2) is 17.7 Å². The smallest absolute Gasteiger partial charge is 0.0578 e. The maximum atomic E-state index is 3.15. The van der Waals surface area contributed by atoms with Crippen molar-refractivity contribution in [2.75, 3.05) is 6.54 Å². The van der Waals surface area contributed by atoms with Crippen LogP contribution in [0, 0.1) is 18.5 Å². The Morgan fingerprint density at radius 1 is 1.33 bits per heavy atom. The lowest BCUT2D eigenvalue weighted by Gasteiger charge is -2.25. The molecule has 0 saturated heterocycles. The summed E-state index contributed by atoms with van der Waals surface area (Å²) in [5.74, 6) is 0.834. The van der Waals surface area contributed by atoms with Crippen molar-refractivity contribution in [1.82, 2.24) is 5.32 Å². The molecule has 12 heavy (non-hydrogen) atoms. The monoisotopic (exact) mass is 161 g/mol. The Balaban J connectivity index is 1.97. The second-order valence-electron chi connectivity index (χ2n) is 3.55. The molecule has 0 aromatic rings. The van der Waals surface area contributed by atoms with Gasteiger partial charge in [-0.1, -0.05) is 6.08 Å². The molecule has 0 spiro atoms. The highest BCUT2D eigenvalue weighted by molar-refractivity contribution is 5.19. The number of rotatable bonds is 1. The van der Waals surface area contributed by atoms with Crippen LogP contribution in [0.5, 0.6) is 0 Å². The van der Waals surface area contributed by atoms with Gasteiger partial charge in [0.25, 0.3) is 0 Å². The summed E-state index contributed by atoms with van der Waals surface area (Å²) in [5, 5.41) is 3.15. The Morgan fingerprint density at radius 2 is 2.17 bits per heavy atom. The zero-order chi connectivity index (χ0) is 8.23. The highest BCUT2D eigenvalue weighted by atomic mass is 14.8. The quantitative estimate of drug-likeness (QED) is 0.622. The first kappa shape index (κ1) is 7.90. The summed E-state index contributed by atoms with van der Waals surface area (Å²) in [6, 6.07) is 0. The highest BCUT2D eigenvalue weighted by Gasteiger charge is 2.17. The van der Waals surface area contributed by atoms with E-state index in [1.54, 1.807) is 5.57 Å². The van der Waals surface area contributed by atoms with Crippen LogP contribution >= 0.6 is 0 Å². The van der Waals surface area contributed by atoms with Crippen molar-refractivity contribution >= 4 is 0 Å². The molecule has 64 valence electrons. The van der Waals surface area contributed by atoms with E-state index in [-0.39, 0.29) is 0 Å². The number of nitrogens with one attached hydrogen (secondary N) is 1. The third-order valence-corrected chi connectivity index (χ3v) is 2.74. The highest BCUT2D eigenvalue weighted by Crippen LogP contribution is 2.29. The summed E-state index contributed by atoms with van der Waals surface area (Å²) in [4.78, 5) is 0. The van der Waals surface area contributed by atoms with Gasteiger partial charge in [0.1, 0.15) is 0 Å². The van der Waals surface area contributed by atoms with Crippen LogP contribution in [0.3, 0.4) is 0 Å². The van der Waals surface area contributed by atoms with Crippen molar-refractivity contribution in [3.8, 4) is 0 Å². The zero-order valence-corrected chi connectivity index (χ0v) is 7.34. The molecule has 0 bridgehead atoms. The van der Waals surface area contributed by atoms with Gasteiger partial charge in [-0.2, -0.15) is 0 Å². The van der Waals surface area contributed by atoms with Crippen LogP contribution in [-0.4, -0.2) is 6.54 Å². The molecular formula is C11H15N. The van der Waals surface area contributed by atoms with E-state index in [2.05, 4.69) is 24.0 Å². The fraction of sp³-hybridized carbons (Fsp3) is 0.545. The fourth-order valence-electron chi connectivity index (χ4n) is 2.00. The number of hydrogen-bond donors (Lipinski definition) is 1. The molecule has 0 unspecified atom stereocenters. The lowest BCUT2D eigenvalue weighted by atomic mass is 9.83. The molecule has 1 aliphatic carbocycles. The van der Waals surface area contributed by atoms with Crippen LogP contribution < -0.4 is 5.32 Å². The summed E-state index contributed by atoms with van der Waals surface area (Å²) in [6.07, 6.45) is 14.9. The van der Waals surface area contributed by atoms with Crippen molar-refractivity contribution in [3.05, 3.63) is 30.3 Å². The van der Waals surface area contributed by atoms with E-state index in [0.29, 0.717) is 0 Å². The van der Waals surface area contributed by atoms with Crippen LogP contribution in [0.1, 0.15) is 25.7 Å². The summed E-state index contributed by atoms with van der Waals surface area (Å²) in [5.41, 5.74) is 1.57. The molecule has 1 heteroatoms. The number of dihydropyridines is 1. The minimum atomic E-state index is 0.834. The van der Waals surface area contributed by atoms with Gasteiger partial charge in [0, 0.05) is 6.54 Å². The Labute approximate surface area is 74.5 Å². The maximum absolute atomic E-state index is 3.15. The van der Waals surface area contributed by atoms with E-state index >= 15 is 0 Å². The average Bonchev–Trinajstić information content (AvgIpc) is 2.21. The third kappa shape index (κ3) is 1.71. The van der Waals surface area contributed by atoms with Gasteiger partial charge in [0.05, 0.1) is 6.20 Å². The first-order chi connectivity index (χ1) is 5.97. The minimum Gasteiger partial charge on any atom is -0.380 e. The topological polar surface area (TPSA) is 12.0 Å². The fourth-order valence-corrected chi connectivity index (χ4v) is 2.00. The molecule has 0 aromatic heterocycles. The molecule has 1 heterocycles. The molecule has 0 atom stereocenters. The second kappa shape index (κ2) is 3.79. The average molecular weight is 161 g/mol. The molecule has 1 fully saturated rings. The lowest BCUT2D eigenvalue weighted by Crippen LogP contribution is -2.20. The van der Waals surface area contributed by atoms with Gasteiger partial charge in [-0.3, -0.25) is 0 Å². The molecule has 0 amide bonds. The van der Waals surface area contributed by atoms with Crippen molar-refractivity contribution in [2.45, 2.75) is 25.7 Å². The van der Waals surface area contributed by atoms with E-state index in [1.165, 1.54) is 25.7 Å². The van der Waals surface area contributed by atoms with Crippen molar-refractivity contribution < 1.29 is 0 Å². The normalized spacial score (nSPS) is 24.8. The van der Waals surface area contributed by atoms with Crippen LogP contribution in [0.2, 0.25) is 0 Å². The predicted molar refractivity (Wildman–Crippen MR) is 50.2 cm³/mol. The molecule has 2 rings (SSSR count). The van der Waals surface area contributed by atoms with Gasteiger partial charge < -0.3 is 5.32 Å². The Morgan fingerprint density at radius 3 is 2.83 bits per heavy atom. The molecule has 1 nitrogen and oxygen atoms in total. The summed E-state index contributed by atoms with van der Waals surface area (Å²) in [7, 11) is 0. The predicted octanol–water partition coefficient (Wildman–Crippen LogP) is 2.23. The summed E-state index contributed by atoms with van der Waals surface area (Å²) >= 11 is 0. The van der Waals surface area contributed by atoms with E-state index in [4.69, 9.17) is 0 Å². The summed E-state index contributed by atoms with van der Waals surface area (Å²) in [6.45, 7) is 1.02. The molecular weight excluding hydrogens is 146 g/mol. The molecule has 2 radical (unpaired) electrons. The Kier molecular flexibility index (Phi) is 2.50. The summed E-state index contributed by atoms with van der Waals surface area (Å²) < 4.78 is 0. The minimum absolute atomic E-state index is 0.834. The van der Waals surface area contributed by atoms with Gasteiger partial charge in [0.2, 0.25) is 0 Å². The van der Waals surface area contributed by atoms with Gasteiger partial charge in [-0.15, -0.1) is 0 Å². The van der Waals surface area contributed by atoms with E-state index < -0.39 is 0 Å². The van der Waals surface area contributed by atoms with E-state index in [1.807, 2.05) is 6.08 Å². The maximum Gasteiger partial charge on any atom is 0.0578 e.